The maximum atomic E-state index is 5.25. The van der Waals surface area contributed by atoms with Crippen molar-refractivity contribution in [3.05, 3.63) is 52.1 Å². The second kappa shape index (κ2) is 7.26. The summed E-state index contributed by atoms with van der Waals surface area (Å²) < 4.78 is 11.5. The Morgan fingerprint density at radius 1 is 1.20 bits per heavy atom. The molecule has 0 unspecified atom stereocenters. The molecular weight excluding hydrogens is 320 g/mol. The Hall–Kier alpha value is -1.59. The van der Waals surface area contributed by atoms with Crippen LogP contribution in [0.4, 0.5) is 5.69 Å². The topological polar surface area (TPSA) is 43.4 Å². The van der Waals surface area contributed by atoms with E-state index in [0.717, 1.165) is 21.3 Å². The van der Waals surface area contributed by atoms with Crippen molar-refractivity contribution >= 4 is 21.6 Å². The van der Waals surface area contributed by atoms with Gasteiger partial charge in [0.1, 0.15) is 0 Å². The van der Waals surface area contributed by atoms with Crippen LogP contribution in [0.3, 0.4) is 0 Å². The first-order chi connectivity index (χ1) is 9.76. The highest BCUT2D eigenvalue weighted by molar-refractivity contribution is 9.10. The molecule has 0 spiro atoms. The van der Waals surface area contributed by atoms with E-state index in [4.69, 9.17) is 9.47 Å². The summed E-state index contributed by atoms with van der Waals surface area (Å²) in [4.78, 5) is 4.19. The van der Waals surface area contributed by atoms with Gasteiger partial charge >= 0.3 is 0 Å². The van der Waals surface area contributed by atoms with Crippen molar-refractivity contribution in [1.82, 2.24) is 4.98 Å². The van der Waals surface area contributed by atoms with Gasteiger partial charge in [-0.1, -0.05) is 28.1 Å². The van der Waals surface area contributed by atoms with Crippen LogP contribution in [0, 0.1) is 0 Å². The Labute approximate surface area is 127 Å². The minimum Gasteiger partial charge on any atom is -0.481 e. The third-order valence-corrected chi connectivity index (χ3v) is 3.66. The number of ether oxygens (including phenoxy) is 2. The molecule has 0 bridgehead atoms. The molecule has 2 rings (SSSR count). The average Bonchev–Trinajstić information content (AvgIpc) is 2.48. The number of hydrogen-bond donors (Lipinski definition) is 1. The van der Waals surface area contributed by atoms with Crippen LogP contribution in [0.2, 0.25) is 0 Å². The minimum atomic E-state index is 0.550. The predicted octanol–water partition coefficient (Wildman–Crippen LogP) is 3.61. The van der Waals surface area contributed by atoms with Gasteiger partial charge in [0, 0.05) is 41.1 Å². The van der Waals surface area contributed by atoms with E-state index in [9.17, 15) is 0 Å². The lowest BCUT2D eigenvalue weighted by molar-refractivity contribution is 0.185. The molecular formula is C15H17BrN2O2. The molecule has 1 N–H and O–H groups in total. The molecule has 0 saturated heterocycles. The summed E-state index contributed by atoms with van der Waals surface area (Å²) in [6.07, 6.45) is 1.72. The van der Waals surface area contributed by atoms with E-state index in [1.54, 1.807) is 20.4 Å². The lowest BCUT2D eigenvalue weighted by Crippen LogP contribution is -2.05. The van der Waals surface area contributed by atoms with Crippen LogP contribution in [-0.2, 0) is 17.9 Å². The van der Waals surface area contributed by atoms with Crippen LogP contribution in [0.5, 0.6) is 5.88 Å². The molecule has 20 heavy (non-hydrogen) atoms. The zero-order valence-electron chi connectivity index (χ0n) is 11.5. The van der Waals surface area contributed by atoms with Crippen molar-refractivity contribution in [2.75, 3.05) is 19.5 Å². The molecule has 5 heteroatoms. The molecule has 0 amide bonds. The number of rotatable bonds is 6. The van der Waals surface area contributed by atoms with Crippen molar-refractivity contribution in [2.24, 2.45) is 0 Å². The van der Waals surface area contributed by atoms with Crippen molar-refractivity contribution in [1.29, 1.82) is 0 Å². The fraction of sp³-hybridized carbons (Fsp3) is 0.267. The molecule has 2 aromatic rings. The molecule has 106 valence electrons. The normalized spacial score (nSPS) is 10.3. The molecule has 0 aliphatic heterocycles. The number of nitrogens with one attached hydrogen (secondary N) is 1. The predicted molar refractivity (Wildman–Crippen MR) is 83.0 cm³/mol. The van der Waals surface area contributed by atoms with Gasteiger partial charge < -0.3 is 14.8 Å². The van der Waals surface area contributed by atoms with E-state index >= 15 is 0 Å². The monoisotopic (exact) mass is 336 g/mol. The summed E-state index contributed by atoms with van der Waals surface area (Å²) in [5.41, 5.74) is 3.14. The first-order valence-electron chi connectivity index (χ1n) is 6.24. The minimum absolute atomic E-state index is 0.550. The van der Waals surface area contributed by atoms with E-state index in [0.29, 0.717) is 19.0 Å². The lowest BCUT2D eigenvalue weighted by atomic mass is 10.1. The Balaban J connectivity index is 2.16. The third kappa shape index (κ3) is 3.49. The van der Waals surface area contributed by atoms with Gasteiger partial charge in [-0.25, -0.2) is 4.98 Å². The van der Waals surface area contributed by atoms with Gasteiger partial charge in [-0.05, 0) is 18.2 Å². The van der Waals surface area contributed by atoms with Gasteiger partial charge in [0.2, 0.25) is 5.88 Å². The van der Waals surface area contributed by atoms with Gasteiger partial charge in [-0.15, -0.1) is 0 Å². The highest BCUT2D eigenvalue weighted by Crippen LogP contribution is 2.26. The summed E-state index contributed by atoms with van der Waals surface area (Å²) in [6.45, 7) is 1.19. The van der Waals surface area contributed by atoms with Gasteiger partial charge in [0.15, 0.2) is 0 Å². The summed E-state index contributed by atoms with van der Waals surface area (Å²) in [5, 5.41) is 3.40. The number of benzene rings is 1. The molecule has 0 saturated carbocycles. The zero-order valence-corrected chi connectivity index (χ0v) is 13.1. The molecule has 1 aromatic heterocycles. The summed E-state index contributed by atoms with van der Waals surface area (Å²) >= 11 is 3.55. The van der Waals surface area contributed by atoms with Crippen molar-refractivity contribution < 1.29 is 9.47 Å². The zero-order chi connectivity index (χ0) is 14.4. The first kappa shape index (κ1) is 14.8. The molecule has 0 atom stereocenters. The highest BCUT2D eigenvalue weighted by atomic mass is 79.9. The van der Waals surface area contributed by atoms with Crippen molar-refractivity contribution in [3.63, 3.8) is 0 Å². The number of aromatic nitrogens is 1. The van der Waals surface area contributed by atoms with Crippen molar-refractivity contribution in [2.45, 2.75) is 13.2 Å². The fourth-order valence-electron chi connectivity index (χ4n) is 1.95. The third-order valence-electron chi connectivity index (χ3n) is 2.92. The van der Waals surface area contributed by atoms with Crippen LogP contribution in [0.25, 0.3) is 0 Å². The summed E-state index contributed by atoms with van der Waals surface area (Å²) in [5.74, 6) is 0.642. The van der Waals surface area contributed by atoms with Crippen LogP contribution in [0.15, 0.2) is 41.0 Å². The summed E-state index contributed by atoms with van der Waals surface area (Å²) in [6, 6.07) is 9.92. The molecule has 0 radical (unpaired) electrons. The summed E-state index contributed by atoms with van der Waals surface area (Å²) in [7, 11) is 3.31. The van der Waals surface area contributed by atoms with Crippen LogP contribution in [-0.4, -0.2) is 19.2 Å². The standard InChI is InChI=1S/C15H17BrN2O2/c1-19-10-12-13(16)6-3-7-14(12)18-9-11-5-4-8-17-15(11)20-2/h3-8,18H,9-10H2,1-2H3. The SMILES string of the molecule is COCc1c(Br)cccc1NCc1cccnc1OC. The number of halogens is 1. The smallest absolute Gasteiger partial charge is 0.218 e. The maximum absolute atomic E-state index is 5.25. The van der Waals surface area contributed by atoms with E-state index in [1.807, 2.05) is 30.3 Å². The van der Waals surface area contributed by atoms with Crippen molar-refractivity contribution in [3.8, 4) is 5.88 Å². The number of hydrogen-bond acceptors (Lipinski definition) is 4. The van der Waals surface area contributed by atoms with E-state index in [2.05, 4.69) is 26.2 Å². The molecule has 0 fully saturated rings. The highest BCUT2D eigenvalue weighted by Gasteiger charge is 2.08. The maximum Gasteiger partial charge on any atom is 0.218 e. The van der Waals surface area contributed by atoms with Gasteiger partial charge in [0.25, 0.3) is 0 Å². The fourth-order valence-corrected chi connectivity index (χ4v) is 2.43. The quantitative estimate of drug-likeness (QED) is 0.875. The second-order valence-electron chi connectivity index (χ2n) is 4.22. The van der Waals surface area contributed by atoms with E-state index < -0.39 is 0 Å². The number of pyridine rings is 1. The average molecular weight is 337 g/mol. The van der Waals surface area contributed by atoms with E-state index in [1.165, 1.54) is 0 Å². The Kier molecular flexibility index (Phi) is 5.38. The molecule has 0 aliphatic rings. The number of anilines is 1. The number of methoxy groups -OCH3 is 2. The largest absolute Gasteiger partial charge is 0.481 e. The first-order valence-corrected chi connectivity index (χ1v) is 7.03. The van der Waals surface area contributed by atoms with Gasteiger partial charge in [-0.2, -0.15) is 0 Å². The van der Waals surface area contributed by atoms with Crippen LogP contribution in [0.1, 0.15) is 11.1 Å². The Bertz CT molecular complexity index is 576. The van der Waals surface area contributed by atoms with Crippen LogP contribution < -0.4 is 10.1 Å². The molecule has 0 aliphatic carbocycles. The molecule has 1 heterocycles. The number of nitrogens with zero attached hydrogens (tertiary/aromatic N) is 1. The van der Waals surface area contributed by atoms with Gasteiger partial charge in [0.05, 0.1) is 13.7 Å². The Morgan fingerprint density at radius 3 is 2.80 bits per heavy atom. The van der Waals surface area contributed by atoms with Gasteiger partial charge in [-0.3, -0.25) is 0 Å². The molecule has 4 nitrogen and oxygen atoms in total. The molecule has 1 aromatic carbocycles. The second-order valence-corrected chi connectivity index (χ2v) is 5.08. The van der Waals surface area contributed by atoms with Crippen LogP contribution >= 0.6 is 15.9 Å². The lowest BCUT2D eigenvalue weighted by Gasteiger charge is -2.14. The van der Waals surface area contributed by atoms with E-state index in [-0.39, 0.29) is 0 Å². The Morgan fingerprint density at radius 2 is 2.05 bits per heavy atom.